The predicted octanol–water partition coefficient (Wildman–Crippen LogP) is 3.01. The summed E-state index contributed by atoms with van der Waals surface area (Å²) in [7, 11) is 0. The fraction of sp³-hybridized carbons (Fsp3) is 0.571. The number of nitrogens with zero attached hydrogens (tertiary/aromatic N) is 1. The molecular weight excluding hydrogens is 214 g/mol. The molecule has 1 atom stereocenters. The fourth-order valence-corrected chi connectivity index (χ4v) is 4.34. The maximum absolute atomic E-state index is 2.64. The zero-order valence-corrected chi connectivity index (χ0v) is 10.5. The zero-order valence-electron chi connectivity index (χ0n) is 9.64. The van der Waals surface area contributed by atoms with Crippen LogP contribution < -0.4 is 0 Å². The lowest BCUT2D eigenvalue weighted by molar-refractivity contribution is 0.118. The highest BCUT2D eigenvalue weighted by Gasteiger charge is 2.33. The first-order chi connectivity index (χ1) is 7.92. The second kappa shape index (κ2) is 4.80. The lowest BCUT2D eigenvalue weighted by Gasteiger charge is -2.44. The number of thioether (sulfide) groups is 1. The minimum absolute atomic E-state index is 0.891. The van der Waals surface area contributed by atoms with E-state index in [-0.39, 0.29) is 0 Å². The highest BCUT2D eigenvalue weighted by Crippen LogP contribution is 2.36. The minimum Gasteiger partial charge on any atom is -0.302 e. The normalized spacial score (nSPS) is 32.9. The first-order valence-corrected chi connectivity index (χ1v) is 7.34. The monoisotopic (exact) mass is 233 g/mol. The van der Waals surface area contributed by atoms with Crippen LogP contribution in [-0.2, 0) is 5.75 Å². The van der Waals surface area contributed by atoms with Crippen molar-refractivity contribution < 1.29 is 0 Å². The van der Waals surface area contributed by atoms with Crippen molar-refractivity contribution in [3.05, 3.63) is 35.9 Å². The van der Waals surface area contributed by atoms with Gasteiger partial charge in [0.2, 0.25) is 0 Å². The van der Waals surface area contributed by atoms with Crippen molar-refractivity contribution in [2.24, 2.45) is 5.92 Å². The molecule has 16 heavy (non-hydrogen) atoms. The van der Waals surface area contributed by atoms with Crippen molar-refractivity contribution in [3.8, 4) is 0 Å². The summed E-state index contributed by atoms with van der Waals surface area (Å²) in [5.41, 5.74) is 1.48. The largest absolute Gasteiger partial charge is 0.302 e. The molecule has 1 aromatic rings. The van der Waals surface area contributed by atoms with Crippen molar-refractivity contribution in [2.75, 3.05) is 19.6 Å². The molecule has 0 amide bonds. The maximum Gasteiger partial charge on any atom is 0.0207 e. The number of hydrogen-bond acceptors (Lipinski definition) is 2. The topological polar surface area (TPSA) is 3.24 Å². The highest BCUT2D eigenvalue weighted by molar-refractivity contribution is 7.99. The van der Waals surface area contributed by atoms with E-state index in [2.05, 4.69) is 47.0 Å². The second-order valence-electron chi connectivity index (χ2n) is 4.97. The summed E-state index contributed by atoms with van der Waals surface area (Å²) in [6.07, 6.45) is 2.87. The smallest absolute Gasteiger partial charge is 0.0207 e. The van der Waals surface area contributed by atoms with Crippen LogP contribution in [0.1, 0.15) is 18.4 Å². The molecule has 3 aliphatic heterocycles. The van der Waals surface area contributed by atoms with E-state index in [0.717, 1.165) is 11.2 Å². The third kappa shape index (κ3) is 2.28. The third-order valence-electron chi connectivity index (χ3n) is 3.90. The fourth-order valence-electron chi connectivity index (χ4n) is 2.88. The van der Waals surface area contributed by atoms with Gasteiger partial charge >= 0.3 is 0 Å². The molecule has 0 spiro atoms. The lowest BCUT2D eigenvalue weighted by atomic mass is 9.88. The molecule has 0 aromatic heterocycles. The molecule has 0 saturated carbocycles. The van der Waals surface area contributed by atoms with E-state index in [1.54, 1.807) is 0 Å². The van der Waals surface area contributed by atoms with Gasteiger partial charge in [0.15, 0.2) is 0 Å². The van der Waals surface area contributed by atoms with Gasteiger partial charge in [0, 0.05) is 17.5 Å². The van der Waals surface area contributed by atoms with Crippen LogP contribution in [0.15, 0.2) is 30.3 Å². The average Bonchev–Trinajstić information content (AvgIpc) is 2.39. The zero-order chi connectivity index (χ0) is 10.8. The molecular formula is C14H19NS. The quantitative estimate of drug-likeness (QED) is 0.789. The van der Waals surface area contributed by atoms with Gasteiger partial charge in [-0.1, -0.05) is 30.3 Å². The van der Waals surface area contributed by atoms with Gasteiger partial charge in [0.25, 0.3) is 0 Å². The molecule has 1 nitrogen and oxygen atoms in total. The van der Waals surface area contributed by atoms with Gasteiger partial charge < -0.3 is 4.90 Å². The summed E-state index contributed by atoms with van der Waals surface area (Å²) in [6.45, 7) is 4.04. The van der Waals surface area contributed by atoms with E-state index in [0.29, 0.717) is 0 Å². The van der Waals surface area contributed by atoms with E-state index in [4.69, 9.17) is 0 Å². The van der Waals surface area contributed by atoms with Gasteiger partial charge in [-0.25, -0.2) is 0 Å². The number of fused-ring (bicyclic) bond motifs is 3. The molecule has 0 unspecified atom stereocenters. The predicted molar refractivity (Wildman–Crippen MR) is 70.7 cm³/mol. The molecule has 4 rings (SSSR count). The molecule has 2 bridgehead atoms. The SMILES string of the molecule is c1ccc(CS[C@H]2CN3CCC2CC3)cc1. The van der Waals surface area contributed by atoms with Crippen molar-refractivity contribution >= 4 is 11.8 Å². The Morgan fingerprint density at radius 2 is 1.88 bits per heavy atom. The van der Waals surface area contributed by atoms with E-state index in [9.17, 15) is 0 Å². The Hall–Kier alpha value is -0.470. The van der Waals surface area contributed by atoms with Crippen LogP contribution in [0.2, 0.25) is 0 Å². The number of rotatable bonds is 3. The van der Waals surface area contributed by atoms with Gasteiger partial charge in [0.1, 0.15) is 0 Å². The van der Waals surface area contributed by atoms with Gasteiger partial charge in [-0.05, 0) is 37.4 Å². The first kappa shape index (κ1) is 10.7. The van der Waals surface area contributed by atoms with E-state index in [1.807, 2.05) is 0 Å². The maximum atomic E-state index is 2.64. The van der Waals surface area contributed by atoms with Crippen LogP contribution in [0.5, 0.6) is 0 Å². The summed E-state index contributed by atoms with van der Waals surface area (Å²) in [5, 5.41) is 0.891. The van der Waals surface area contributed by atoms with Gasteiger partial charge in [-0.2, -0.15) is 11.8 Å². The number of hydrogen-bond donors (Lipinski definition) is 0. The molecule has 0 radical (unpaired) electrons. The number of piperidine rings is 3. The Morgan fingerprint density at radius 1 is 1.12 bits per heavy atom. The Bertz CT molecular complexity index is 330. The molecule has 3 aliphatic rings. The van der Waals surface area contributed by atoms with Crippen molar-refractivity contribution in [1.82, 2.24) is 4.90 Å². The van der Waals surface area contributed by atoms with Crippen LogP contribution in [-0.4, -0.2) is 29.8 Å². The van der Waals surface area contributed by atoms with E-state index >= 15 is 0 Å². The van der Waals surface area contributed by atoms with Crippen LogP contribution in [0.3, 0.4) is 0 Å². The molecule has 0 aliphatic carbocycles. The summed E-state index contributed by atoms with van der Waals surface area (Å²) >= 11 is 2.17. The van der Waals surface area contributed by atoms with Crippen LogP contribution >= 0.6 is 11.8 Å². The molecule has 2 heteroatoms. The molecule has 3 saturated heterocycles. The Balaban J connectivity index is 1.56. The third-order valence-corrected chi connectivity index (χ3v) is 5.37. The minimum atomic E-state index is 0.891. The Labute approximate surface area is 102 Å². The Morgan fingerprint density at radius 3 is 2.50 bits per heavy atom. The van der Waals surface area contributed by atoms with E-state index < -0.39 is 0 Å². The molecule has 1 aromatic carbocycles. The number of benzene rings is 1. The van der Waals surface area contributed by atoms with Crippen molar-refractivity contribution in [3.63, 3.8) is 0 Å². The first-order valence-electron chi connectivity index (χ1n) is 6.30. The molecule has 3 heterocycles. The van der Waals surface area contributed by atoms with Gasteiger partial charge in [-0.15, -0.1) is 0 Å². The van der Waals surface area contributed by atoms with Gasteiger partial charge in [-0.3, -0.25) is 0 Å². The molecule has 0 N–H and O–H groups in total. The summed E-state index contributed by atoms with van der Waals surface area (Å²) in [6, 6.07) is 10.9. The second-order valence-corrected chi connectivity index (χ2v) is 6.20. The molecule has 86 valence electrons. The average molecular weight is 233 g/mol. The van der Waals surface area contributed by atoms with Crippen LogP contribution in [0, 0.1) is 5.92 Å². The van der Waals surface area contributed by atoms with Crippen LogP contribution in [0.25, 0.3) is 0 Å². The van der Waals surface area contributed by atoms with E-state index in [1.165, 1.54) is 43.8 Å². The highest BCUT2D eigenvalue weighted by atomic mass is 32.2. The van der Waals surface area contributed by atoms with Crippen molar-refractivity contribution in [1.29, 1.82) is 0 Å². The van der Waals surface area contributed by atoms with Crippen LogP contribution in [0.4, 0.5) is 0 Å². The lowest BCUT2D eigenvalue weighted by Crippen LogP contribution is -2.49. The van der Waals surface area contributed by atoms with Crippen molar-refractivity contribution in [2.45, 2.75) is 23.8 Å². The summed E-state index contributed by atoms with van der Waals surface area (Å²) < 4.78 is 0. The summed E-state index contributed by atoms with van der Waals surface area (Å²) in [4.78, 5) is 2.64. The standard InChI is InChI=1S/C14H19NS/c1-2-4-12(5-3-1)11-16-14-10-15-8-6-13(14)7-9-15/h1-5,13-14H,6-11H2/t14-/m0/s1. The Kier molecular flexibility index (Phi) is 3.20. The summed E-state index contributed by atoms with van der Waals surface area (Å²) in [5.74, 6) is 2.19. The van der Waals surface area contributed by atoms with Gasteiger partial charge in [0.05, 0.1) is 0 Å². The molecule has 3 fully saturated rings.